The number of hydrogen-bond donors (Lipinski definition) is 2. The van der Waals surface area contributed by atoms with Crippen LogP contribution in [0.15, 0.2) is 77.5 Å². The van der Waals surface area contributed by atoms with Crippen LogP contribution in [0.5, 0.6) is 0 Å². The lowest BCUT2D eigenvalue weighted by atomic mass is 10.0. The van der Waals surface area contributed by atoms with E-state index in [4.69, 9.17) is 5.73 Å². The van der Waals surface area contributed by atoms with Crippen LogP contribution in [0.3, 0.4) is 0 Å². The summed E-state index contributed by atoms with van der Waals surface area (Å²) in [5, 5.41) is 2.35. The van der Waals surface area contributed by atoms with Gasteiger partial charge in [-0.15, -0.1) is 0 Å². The van der Waals surface area contributed by atoms with Crippen LogP contribution in [-0.2, 0) is 11.0 Å². The van der Waals surface area contributed by atoms with Crippen molar-refractivity contribution in [3.63, 3.8) is 0 Å². The zero-order chi connectivity index (χ0) is 29.6. The molecule has 0 aliphatic heterocycles. The number of benzene rings is 2. The largest absolute Gasteiger partial charge is 0.418 e. The summed E-state index contributed by atoms with van der Waals surface area (Å²) in [5.41, 5.74) is 8.81. The number of aryl methyl sites for hydroxylation is 2. The second-order valence-electron chi connectivity index (χ2n) is 8.67. The summed E-state index contributed by atoms with van der Waals surface area (Å²) in [6.45, 7) is 10.6. The van der Waals surface area contributed by atoms with E-state index >= 15 is 0 Å². The van der Waals surface area contributed by atoms with Crippen molar-refractivity contribution in [3.05, 3.63) is 100 Å². The van der Waals surface area contributed by atoms with E-state index in [0.29, 0.717) is 11.1 Å². The molecular weight excluding hydrogens is 503 g/mol. The summed E-state index contributed by atoms with van der Waals surface area (Å²) < 4.78 is 37.8. The minimum Gasteiger partial charge on any atom is -0.376 e. The highest BCUT2D eigenvalue weighted by molar-refractivity contribution is 5.94. The topological polar surface area (TPSA) is 84.6 Å². The molecule has 8 heteroatoms. The van der Waals surface area contributed by atoms with Crippen LogP contribution in [0.4, 0.5) is 18.9 Å². The van der Waals surface area contributed by atoms with Crippen LogP contribution in [-0.4, -0.2) is 23.9 Å². The van der Waals surface area contributed by atoms with Gasteiger partial charge in [0, 0.05) is 34.3 Å². The van der Waals surface area contributed by atoms with Gasteiger partial charge in [-0.1, -0.05) is 53.8 Å². The fourth-order valence-electron chi connectivity index (χ4n) is 2.95. The first-order valence-corrected chi connectivity index (χ1v) is 12.1. The lowest BCUT2D eigenvalue weighted by Crippen LogP contribution is -2.23. The molecule has 0 radical (unpaired) electrons. The minimum atomic E-state index is -4.45. The van der Waals surface area contributed by atoms with Crippen molar-refractivity contribution in [1.29, 1.82) is 0 Å². The zero-order valence-electron chi connectivity index (χ0n) is 23.0. The number of amides is 1. The minimum absolute atomic E-state index is 0.0495. The molecule has 39 heavy (non-hydrogen) atoms. The Labute approximate surface area is 228 Å². The van der Waals surface area contributed by atoms with E-state index in [2.05, 4.69) is 22.2 Å². The van der Waals surface area contributed by atoms with E-state index < -0.39 is 17.6 Å². The standard InChI is InChI=1S/C21H23NO.C10H11F3N2O/c1-6-7-8-9-18(4)22-15-16(2)10-12-20-14-21(19(5)23)13-11-17(20)3;1-6-2-3-8(15-5-9(14)16)7(4-6)10(11,12)13/h6-9,11,13-15H,1-5H3;2-4,15H,5H2,1H3,(H2,14,16)/b7-6-,9-8-,16-15+,22-18+;. The predicted molar refractivity (Wildman–Crippen MR) is 153 cm³/mol. The third-order valence-corrected chi connectivity index (χ3v) is 5.07. The molecule has 0 aromatic heterocycles. The van der Waals surface area contributed by atoms with Crippen LogP contribution in [0.2, 0.25) is 0 Å². The molecule has 0 saturated heterocycles. The van der Waals surface area contributed by atoms with Crippen LogP contribution in [0, 0.1) is 25.7 Å². The molecule has 0 fully saturated rings. The van der Waals surface area contributed by atoms with Crippen LogP contribution < -0.4 is 11.1 Å². The summed E-state index contributed by atoms with van der Waals surface area (Å²) >= 11 is 0. The summed E-state index contributed by atoms with van der Waals surface area (Å²) in [6.07, 6.45) is 5.12. The lowest BCUT2D eigenvalue weighted by molar-refractivity contribution is -0.137. The summed E-state index contributed by atoms with van der Waals surface area (Å²) in [7, 11) is 0. The van der Waals surface area contributed by atoms with Gasteiger partial charge in [0.25, 0.3) is 0 Å². The van der Waals surface area contributed by atoms with Gasteiger partial charge in [0.1, 0.15) is 0 Å². The molecule has 0 unspecified atom stereocenters. The van der Waals surface area contributed by atoms with Crippen LogP contribution in [0.1, 0.15) is 60.3 Å². The number of Topliss-reactive ketones (excluding diaryl/α,β-unsaturated/α-hetero) is 1. The van der Waals surface area contributed by atoms with E-state index in [1.807, 2.05) is 70.2 Å². The highest BCUT2D eigenvalue weighted by Crippen LogP contribution is 2.35. The smallest absolute Gasteiger partial charge is 0.376 e. The number of allylic oxidation sites excluding steroid dienone is 5. The number of primary amides is 1. The highest BCUT2D eigenvalue weighted by Gasteiger charge is 2.33. The van der Waals surface area contributed by atoms with E-state index in [1.165, 1.54) is 12.1 Å². The number of ketones is 1. The molecule has 5 nitrogen and oxygen atoms in total. The zero-order valence-corrected chi connectivity index (χ0v) is 23.0. The van der Waals surface area contributed by atoms with Crippen molar-refractivity contribution in [2.75, 3.05) is 11.9 Å². The lowest BCUT2D eigenvalue weighted by Gasteiger charge is -2.14. The molecule has 0 aliphatic carbocycles. The molecule has 0 saturated carbocycles. The molecule has 0 heterocycles. The Balaban J connectivity index is 0.000000416. The highest BCUT2D eigenvalue weighted by atomic mass is 19.4. The number of anilines is 1. The average molecular weight is 538 g/mol. The SMILES string of the molecule is C\C=C/C=C\C(C)=N\C=C(/C)C#Cc1cc(C(C)=O)ccc1C.Cc1ccc(NCC(N)=O)c(C(F)(F)F)c1. The number of halogens is 3. The van der Waals surface area contributed by atoms with Crippen molar-refractivity contribution in [2.24, 2.45) is 10.7 Å². The van der Waals surface area contributed by atoms with Crippen molar-refractivity contribution in [3.8, 4) is 11.8 Å². The number of nitrogens with one attached hydrogen (secondary N) is 1. The molecule has 0 spiro atoms. The normalized spacial score (nSPS) is 12.0. The molecular formula is C31H34F3N3O2. The van der Waals surface area contributed by atoms with E-state index in [1.54, 1.807) is 20.0 Å². The first-order chi connectivity index (χ1) is 18.2. The number of carbonyl (C=O) groups is 2. The molecule has 2 aromatic carbocycles. The third-order valence-electron chi connectivity index (χ3n) is 5.07. The van der Waals surface area contributed by atoms with Crippen molar-refractivity contribution in [1.82, 2.24) is 0 Å². The van der Waals surface area contributed by atoms with Crippen LogP contribution >= 0.6 is 0 Å². The maximum Gasteiger partial charge on any atom is 0.418 e. The molecule has 2 rings (SSSR count). The van der Waals surface area contributed by atoms with Gasteiger partial charge in [-0.05, 0) is 71.4 Å². The van der Waals surface area contributed by atoms with Crippen molar-refractivity contribution in [2.45, 2.75) is 47.7 Å². The Morgan fingerprint density at radius 1 is 1.05 bits per heavy atom. The molecule has 0 atom stereocenters. The summed E-state index contributed by atoms with van der Waals surface area (Å²) in [5.74, 6) is 5.53. The fraction of sp³-hybridized carbons (Fsp3) is 0.258. The van der Waals surface area contributed by atoms with E-state index in [0.717, 1.165) is 28.5 Å². The van der Waals surface area contributed by atoms with Crippen LogP contribution in [0.25, 0.3) is 0 Å². The number of hydrogen-bond acceptors (Lipinski definition) is 4. The summed E-state index contributed by atoms with van der Waals surface area (Å²) in [4.78, 5) is 26.3. The summed E-state index contributed by atoms with van der Waals surface area (Å²) in [6, 6.07) is 9.42. The molecule has 206 valence electrons. The maximum absolute atomic E-state index is 12.6. The molecule has 2 aromatic rings. The molecule has 0 bridgehead atoms. The third kappa shape index (κ3) is 12.6. The quantitative estimate of drug-likeness (QED) is 0.173. The Morgan fingerprint density at radius 2 is 1.74 bits per heavy atom. The van der Waals surface area contributed by atoms with Gasteiger partial charge in [0.2, 0.25) is 5.91 Å². The van der Waals surface area contributed by atoms with Gasteiger partial charge < -0.3 is 11.1 Å². The van der Waals surface area contributed by atoms with E-state index in [9.17, 15) is 22.8 Å². The van der Waals surface area contributed by atoms with Gasteiger partial charge in [0.15, 0.2) is 5.78 Å². The van der Waals surface area contributed by atoms with Gasteiger partial charge in [-0.2, -0.15) is 13.2 Å². The molecule has 0 aliphatic rings. The Morgan fingerprint density at radius 3 is 2.33 bits per heavy atom. The van der Waals surface area contributed by atoms with Crippen molar-refractivity contribution >= 4 is 23.1 Å². The molecule has 1 amide bonds. The Hall–Kier alpha value is -4.38. The van der Waals surface area contributed by atoms with Gasteiger partial charge in [-0.3, -0.25) is 14.6 Å². The Kier molecular flexibility index (Phi) is 13.2. The average Bonchev–Trinajstić information content (AvgIpc) is 2.86. The van der Waals surface area contributed by atoms with Gasteiger partial charge in [-0.25, -0.2) is 0 Å². The number of nitrogens with zero attached hydrogens (tertiary/aromatic N) is 1. The van der Waals surface area contributed by atoms with Gasteiger partial charge in [0.05, 0.1) is 12.1 Å². The first kappa shape index (κ1) is 32.6. The second kappa shape index (κ2) is 15.8. The first-order valence-electron chi connectivity index (χ1n) is 12.1. The monoisotopic (exact) mass is 537 g/mol. The fourth-order valence-corrected chi connectivity index (χ4v) is 2.95. The Bertz CT molecular complexity index is 1360. The number of alkyl halides is 3. The van der Waals surface area contributed by atoms with Gasteiger partial charge >= 0.3 is 6.18 Å². The number of nitrogens with two attached hydrogens (primary N) is 1. The number of carbonyl (C=O) groups excluding carboxylic acids is 2. The number of aliphatic imine (C=N–C) groups is 1. The maximum atomic E-state index is 12.6. The second-order valence-corrected chi connectivity index (χ2v) is 8.67. The van der Waals surface area contributed by atoms with E-state index in [-0.39, 0.29) is 18.0 Å². The predicted octanol–water partition coefficient (Wildman–Crippen LogP) is 6.96. The van der Waals surface area contributed by atoms with Crippen molar-refractivity contribution < 1.29 is 22.8 Å². The number of rotatable bonds is 7. The molecule has 3 N–H and O–H groups in total.